The predicted octanol–water partition coefficient (Wildman–Crippen LogP) is 6.03. The molecule has 46 heavy (non-hydrogen) atoms. The fraction of sp³-hybridized carbons (Fsp3) is 0.528. The molecule has 2 fully saturated rings. The standard InChI is InChI=1S/C36H50N2O7S/c1-3-5-7-12-20-38(46(41,42)32-18-14-17-30(25-32)43-21-13-8-6-4-2)27-34(39)33(23-28-15-10-9-11-16-28)37-36(40)45-31-24-29-19-22-44-35(29)26-31/h3-4,9-11,14-18,25,29,31,33-35,39H,1-2,5-8,12-13,19-24,26-27H2,(H,37,40)/t29?,31-,33+,34-,35-/m1/s1. The molecule has 2 aromatic carbocycles. The second kappa shape index (κ2) is 18.2. The Morgan fingerprint density at radius 3 is 2.54 bits per heavy atom. The lowest BCUT2D eigenvalue weighted by atomic mass is 10.0. The van der Waals surface area contributed by atoms with Crippen LogP contribution in [-0.2, 0) is 25.9 Å². The maximum atomic E-state index is 14.0. The Bertz CT molecular complexity index is 1340. The lowest BCUT2D eigenvalue weighted by Gasteiger charge is -2.30. The van der Waals surface area contributed by atoms with E-state index in [1.165, 1.54) is 10.4 Å². The lowest BCUT2D eigenvalue weighted by molar-refractivity contribution is 0.0557. The van der Waals surface area contributed by atoms with Crippen LogP contribution >= 0.6 is 0 Å². The van der Waals surface area contributed by atoms with Crippen molar-refractivity contribution in [3.05, 3.63) is 85.5 Å². The number of benzene rings is 2. The smallest absolute Gasteiger partial charge is 0.407 e. The van der Waals surface area contributed by atoms with Crippen molar-refractivity contribution >= 4 is 16.1 Å². The Balaban J connectivity index is 1.48. The number of fused-ring (bicyclic) bond motifs is 1. The van der Waals surface area contributed by atoms with E-state index in [-0.39, 0.29) is 30.2 Å². The van der Waals surface area contributed by atoms with E-state index in [0.29, 0.717) is 37.5 Å². The van der Waals surface area contributed by atoms with Crippen molar-refractivity contribution in [2.75, 3.05) is 26.3 Å². The van der Waals surface area contributed by atoms with Gasteiger partial charge in [0, 0.05) is 32.2 Å². The van der Waals surface area contributed by atoms with E-state index in [2.05, 4.69) is 18.5 Å². The molecule has 1 amide bonds. The molecule has 0 aromatic heterocycles. The topological polar surface area (TPSA) is 114 Å². The van der Waals surface area contributed by atoms with E-state index in [4.69, 9.17) is 14.2 Å². The number of nitrogens with zero attached hydrogens (tertiary/aromatic N) is 1. The number of nitrogens with one attached hydrogen (secondary N) is 1. The minimum atomic E-state index is -4.01. The van der Waals surface area contributed by atoms with Gasteiger partial charge in [-0.3, -0.25) is 0 Å². The highest BCUT2D eigenvalue weighted by molar-refractivity contribution is 7.89. The van der Waals surface area contributed by atoms with Crippen LogP contribution in [0.15, 0.2) is 84.8 Å². The second-order valence-electron chi connectivity index (χ2n) is 12.2. The van der Waals surface area contributed by atoms with E-state index >= 15 is 0 Å². The summed E-state index contributed by atoms with van der Waals surface area (Å²) in [5.41, 5.74) is 0.897. The zero-order chi connectivity index (χ0) is 32.8. The van der Waals surface area contributed by atoms with Gasteiger partial charge in [-0.1, -0.05) is 48.6 Å². The molecule has 1 saturated heterocycles. The van der Waals surface area contributed by atoms with E-state index in [0.717, 1.165) is 57.1 Å². The molecule has 252 valence electrons. The van der Waals surface area contributed by atoms with E-state index in [9.17, 15) is 18.3 Å². The van der Waals surface area contributed by atoms with Gasteiger partial charge in [0.2, 0.25) is 10.0 Å². The van der Waals surface area contributed by atoms with E-state index in [1.807, 2.05) is 36.4 Å². The van der Waals surface area contributed by atoms with Gasteiger partial charge in [0.1, 0.15) is 11.9 Å². The van der Waals surface area contributed by atoms with Crippen molar-refractivity contribution < 1.29 is 32.5 Å². The number of amides is 1. The van der Waals surface area contributed by atoms with Gasteiger partial charge in [-0.25, -0.2) is 13.2 Å². The number of aliphatic hydroxyl groups excluding tert-OH is 1. The maximum Gasteiger partial charge on any atom is 0.407 e. The van der Waals surface area contributed by atoms with Crippen LogP contribution in [0.4, 0.5) is 4.79 Å². The van der Waals surface area contributed by atoms with Crippen LogP contribution < -0.4 is 10.1 Å². The molecule has 0 bridgehead atoms. The van der Waals surface area contributed by atoms with Gasteiger partial charge in [0.05, 0.1) is 29.8 Å². The van der Waals surface area contributed by atoms with Gasteiger partial charge in [0.25, 0.3) is 0 Å². The molecule has 2 N–H and O–H groups in total. The lowest BCUT2D eigenvalue weighted by Crippen LogP contribution is -2.51. The van der Waals surface area contributed by atoms with Crippen LogP contribution in [0.25, 0.3) is 0 Å². The van der Waals surface area contributed by atoms with E-state index in [1.54, 1.807) is 24.3 Å². The highest BCUT2D eigenvalue weighted by atomic mass is 32.2. The van der Waals surface area contributed by atoms with Crippen molar-refractivity contribution in [2.24, 2.45) is 5.92 Å². The van der Waals surface area contributed by atoms with Crippen molar-refractivity contribution in [2.45, 2.75) is 93.5 Å². The van der Waals surface area contributed by atoms with Crippen LogP contribution in [0.1, 0.15) is 63.4 Å². The molecule has 0 spiro atoms. The number of allylic oxidation sites excluding steroid dienone is 2. The van der Waals surface area contributed by atoms with Gasteiger partial charge in [-0.15, -0.1) is 13.2 Å². The second-order valence-corrected chi connectivity index (χ2v) is 14.2. The summed E-state index contributed by atoms with van der Waals surface area (Å²) >= 11 is 0. The fourth-order valence-corrected chi connectivity index (χ4v) is 7.71. The summed E-state index contributed by atoms with van der Waals surface area (Å²) in [6, 6.07) is 15.2. The first-order valence-electron chi connectivity index (χ1n) is 16.6. The fourth-order valence-electron chi connectivity index (χ4n) is 6.18. The van der Waals surface area contributed by atoms with Crippen LogP contribution in [0.3, 0.4) is 0 Å². The number of carbonyl (C=O) groups excluding carboxylic acids is 1. The number of sulfonamides is 1. The zero-order valence-corrected chi connectivity index (χ0v) is 27.6. The Morgan fingerprint density at radius 2 is 1.80 bits per heavy atom. The third-order valence-electron chi connectivity index (χ3n) is 8.72. The first-order chi connectivity index (χ1) is 22.3. The number of unbranched alkanes of at least 4 members (excludes halogenated alkanes) is 4. The summed E-state index contributed by atoms with van der Waals surface area (Å²) in [4.78, 5) is 13.2. The summed E-state index contributed by atoms with van der Waals surface area (Å²) in [6.45, 7) is 8.72. The van der Waals surface area contributed by atoms with Crippen LogP contribution in [-0.4, -0.2) is 74.6 Å². The Labute approximate surface area is 274 Å². The highest BCUT2D eigenvalue weighted by Crippen LogP contribution is 2.37. The largest absolute Gasteiger partial charge is 0.494 e. The summed E-state index contributed by atoms with van der Waals surface area (Å²) in [6.07, 6.45) is 9.19. The number of rotatable bonds is 20. The summed E-state index contributed by atoms with van der Waals surface area (Å²) in [5, 5.41) is 14.5. The number of hydrogen-bond acceptors (Lipinski definition) is 7. The zero-order valence-electron chi connectivity index (χ0n) is 26.8. The molecular formula is C36H50N2O7S. The molecule has 0 radical (unpaired) electrons. The molecule has 2 aliphatic rings. The third kappa shape index (κ3) is 10.7. The Hall–Kier alpha value is -3.18. The Morgan fingerprint density at radius 1 is 1.04 bits per heavy atom. The number of aliphatic hydroxyl groups is 1. The van der Waals surface area contributed by atoms with Gasteiger partial charge < -0.3 is 24.6 Å². The number of alkyl carbamates (subject to hydrolysis) is 1. The summed E-state index contributed by atoms with van der Waals surface area (Å²) < 4.78 is 46.7. The normalized spacial score (nSPS) is 20.5. The van der Waals surface area contributed by atoms with Gasteiger partial charge in [-0.2, -0.15) is 4.31 Å². The molecule has 9 nitrogen and oxygen atoms in total. The molecule has 2 aromatic rings. The molecular weight excluding hydrogens is 604 g/mol. The molecule has 1 aliphatic heterocycles. The van der Waals surface area contributed by atoms with E-state index < -0.39 is 28.3 Å². The van der Waals surface area contributed by atoms with Crippen molar-refractivity contribution in [1.82, 2.24) is 9.62 Å². The molecule has 5 atom stereocenters. The monoisotopic (exact) mass is 654 g/mol. The molecule has 1 aliphatic carbocycles. The van der Waals surface area contributed by atoms with Crippen LogP contribution in [0.5, 0.6) is 5.75 Å². The quantitative estimate of drug-likeness (QED) is 0.132. The minimum Gasteiger partial charge on any atom is -0.494 e. The van der Waals surface area contributed by atoms with Gasteiger partial charge in [-0.05, 0) is 81.4 Å². The van der Waals surface area contributed by atoms with Crippen LogP contribution in [0, 0.1) is 5.92 Å². The van der Waals surface area contributed by atoms with Crippen LogP contribution in [0.2, 0.25) is 0 Å². The number of ether oxygens (including phenoxy) is 3. The maximum absolute atomic E-state index is 14.0. The average molecular weight is 655 g/mol. The van der Waals surface area contributed by atoms with Crippen molar-refractivity contribution in [3.8, 4) is 5.75 Å². The first-order valence-corrected chi connectivity index (χ1v) is 18.0. The van der Waals surface area contributed by atoms with Gasteiger partial charge >= 0.3 is 6.09 Å². The summed E-state index contributed by atoms with van der Waals surface area (Å²) in [7, 11) is -4.01. The molecule has 1 unspecified atom stereocenters. The number of carbonyl (C=O) groups is 1. The minimum absolute atomic E-state index is 0.0907. The number of hydrogen-bond donors (Lipinski definition) is 2. The SMILES string of the molecule is C=CCCCCOc1cccc(S(=O)(=O)N(CCCCC=C)C[C@@H](O)[C@H](Cc2ccccc2)NC(=O)O[C@@H]2CC3CCO[C@@H]3C2)c1. The Kier molecular flexibility index (Phi) is 14.1. The first kappa shape index (κ1) is 35.7. The molecule has 10 heteroatoms. The van der Waals surface area contributed by atoms with Gasteiger partial charge in [0.15, 0.2) is 0 Å². The average Bonchev–Trinajstić information content (AvgIpc) is 3.65. The predicted molar refractivity (Wildman–Crippen MR) is 179 cm³/mol. The highest BCUT2D eigenvalue weighted by Gasteiger charge is 2.40. The molecule has 1 heterocycles. The molecule has 4 rings (SSSR count). The molecule has 1 saturated carbocycles. The summed E-state index contributed by atoms with van der Waals surface area (Å²) in [5.74, 6) is 0.879. The van der Waals surface area contributed by atoms with Crippen molar-refractivity contribution in [1.29, 1.82) is 0 Å². The van der Waals surface area contributed by atoms with Crippen molar-refractivity contribution in [3.63, 3.8) is 0 Å². The third-order valence-corrected chi connectivity index (χ3v) is 10.6.